The van der Waals surface area contributed by atoms with Gasteiger partial charge >= 0.3 is 5.97 Å². The summed E-state index contributed by atoms with van der Waals surface area (Å²) in [5.74, 6) is 0.592. The number of carbonyl (C=O) groups is 2. The van der Waals surface area contributed by atoms with Crippen molar-refractivity contribution in [2.24, 2.45) is 5.10 Å². The van der Waals surface area contributed by atoms with Gasteiger partial charge in [0.25, 0.3) is 5.91 Å². The Morgan fingerprint density at radius 3 is 2.22 bits per heavy atom. The number of hydrogen-bond acceptors (Lipinski definition) is 8. The van der Waals surface area contributed by atoms with Gasteiger partial charge in [0.15, 0.2) is 18.1 Å². The molecule has 1 atom stereocenters. The molecule has 1 unspecified atom stereocenters. The van der Waals surface area contributed by atoms with Crippen molar-refractivity contribution in [2.75, 3.05) is 27.9 Å². The summed E-state index contributed by atoms with van der Waals surface area (Å²) >= 11 is 0. The van der Waals surface area contributed by atoms with Crippen LogP contribution in [0.2, 0.25) is 0 Å². The van der Waals surface area contributed by atoms with E-state index in [1.165, 1.54) is 5.01 Å². The lowest BCUT2D eigenvalue weighted by molar-refractivity contribution is -0.136. The number of rotatable bonds is 11. The Morgan fingerprint density at radius 1 is 0.745 bits per heavy atom. The largest absolute Gasteiger partial charge is 0.497 e. The molecule has 10 nitrogen and oxygen atoms in total. The van der Waals surface area contributed by atoms with Crippen LogP contribution >= 0.6 is 0 Å². The fourth-order valence-corrected chi connectivity index (χ4v) is 6.26. The zero-order valence-corrected chi connectivity index (χ0v) is 28.5. The van der Waals surface area contributed by atoms with Crippen molar-refractivity contribution in [1.29, 1.82) is 0 Å². The highest BCUT2D eigenvalue weighted by Gasteiger charge is 2.34. The summed E-state index contributed by atoms with van der Waals surface area (Å²) in [7, 11) is 4.71. The zero-order chi connectivity index (χ0) is 35.3. The second-order valence-corrected chi connectivity index (χ2v) is 12.1. The second kappa shape index (κ2) is 14.6. The average Bonchev–Trinajstić information content (AvgIpc) is 3.82. The van der Waals surface area contributed by atoms with Crippen LogP contribution in [0.5, 0.6) is 17.2 Å². The van der Waals surface area contributed by atoms with E-state index < -0.39 is 24.5 Å². The summed E-state index contributed by atoms with van der Waals surface area (Å²) < 4.78 is 23.7. The molecule has 51 heavy (non-hydrogen) atoms. The van der Waals surface area contributed by atoms with Crippen molar-refractivity contribution in [3.05, 3.63) is 144 Å². The van der Waals surface area contributed by atoms with Crippen molar-refractivity contribution in [1.82, 2.24) is 14.8 Å². The topological polar surface area (TPSA) is 104 Å². The van der Waals surface area contributed by atoms with E-state index in [0.29, 0.717) is 41.5 Å². The smallest absolute Gasteiger partial charge is 0.342 e. The summed E-state index contributed by atoms with van der Waals surface area (Å²) in [6.45, 7) is -0.0911. The van der Waals surface area contributed by atoms with E-state index in [1.54, 1.807) is 50.4 Å². The average molecular weight is 681 g/mol. The maximum Gasteiger partial charge on any atom is 0.342 e. The van der Waals surface area contributed by atoms with Gasteiger partial charge in [-0.25, -0.2) is 9.80 Å². The summed E-state index contributed by atoms with van der Waals surface area (Å²) in [5, 5.41) is 13.2. The molecule has 10 heteroatoms. The fraction of sp³-hybridized carbons (Fsp3) is 0.171. The Morgan fingerprint density at radius 2 is 1.47 bits per heavy atom. The lowest BCUT2D eigenvalue weighted by Crippen LogP contribution is -2.31. The predicted molar refractivity (Wildman–Crippen MR) is 194 cm³/mol. The lowest BCUT2D eigenvalue weighted by atomic mass is 9.97. The molecule has 0 radical (unpaired) electrons. The minimum Gasteiger partial charge on any atom is -0.497 e. The molecule has 1 amide bonds. The van der Waals surface area contributed by atoms with Crippen LogP contribution in [0.4, 0.5) is 0 Å². The van der Waals surface area contributed by atoms with Gasteiger partial charge in [0.1, 0.15) is 17.0 Å². The van der Waals surface area contributed by atoms with Crippen molar-refractivity contribution in [3.63, 3.8) is 0 Å². The Bertz CT molecular complexity index is 2230. The highest BCUT2D eigenvalue weighted by atomic mass is 16.5. The first-order valence-corrected chi connectivity index (χ1v) is 16.5. The normalized spacial score (nSPS) is 13.9. The molecule has 5 aromatic carbocycles. The number of hydrogen-bond donors (Lipinski definition) is 0. The minimum atomic E-state index is -0.689. The molecule has 0 N–H and O–H groups in total. The number of nitrogens with zero attached hydrogens (tertiary/aromatic N) is 4. The van der Waals surface area contributed by atoms with Gasteiger partial charge in [-0.2, -0.15) is 10.2 Å². The number of aromatic nitrogens is 2. The number of hydrazone groups is 1. The fourth-order valence-electron chi connectivity index (χ4n) is 6.26. The number of fused-ring (bicyclic) bond motifs is 1. The first-order chi connectivity index (χ1) is 24.9. The van der Waals surface area contributed by atoms with Gasteiger partial charge in [-0.3, -0.25) is 9.48 Å². The summed E-state index contributed by atoms with van der Waals surface area (Å²) in [6, 6.07) is 36.5. The summed E-state index contributed by atoms with van der Waals surface area (Å²) in [4.78, 5) is 27.7. The third-order valence-electron chi connectivity index (χ3n) is 8.90. The molecule has 7 rings (SSSR count). The van der Waals surface area contributed by atoms with Crippen LogP contribution in [0.3, 0.4) is 0 Å². The predicted octanol–water partition coefficient (Wildman–Crippen LogP) is 7.31. The van der Waals surface area contributed by atoms with E-state index in [2.05, 4.69) is 24.3 Å². The van der Waals surface area contributed by atoms with Crippen molar-refractivity contribution in [3.8, 4) is 28.5 Å². The van der Waals surface area contributed by atoms with Crippen LogP contribution in [0.15, 0.2) is 127 Å². The molecule has 0 fully saturated rings. The molecular formula is C41H36N4O6. The van der Waals surface area contributed by atoms with Gasteiger partial charge in [0.05, 0.1) is 39.6 Å². The first kappa shape index (κ1) is 33.1. The number of esters is 1. The van der Waals surface area contributed by atoms with Gasteiger partial charge in [-0.15, -0.1) is 0 Å². The Balaban J connectivity index is 1.17. The maximum atomic E-state index is 13.9. The lowest BCUT2D eigenvalue weighted by Gasteiger charge is -2.22. The zero-order valence-electron chi connectivity index (χ0n) is 28.5. The van der Waals surface area contributed by atoms with Crippen LogP contribution in [0, 0.1) is 0 Å². The molecular weight excluding hydrogens is 644 g/mol. The van der Waals surface area contributed by atoms with E-state index in [-0.39, 0.29) is 5.56 Å². The Labute approximate surface area is 295 Å². The Hall–Kier alpha value is -6.42. The van der Waals surface area contributed by atoms with Gasteiger partial charge in [-0.05, 0) is 63.9 Å². The van der Waals surface area contributed by atoms with Gasteiger partial charge in [0.2, 0.25) is 0 Å². The van der Waals surface area contributed by atoms with Gasteiger partial charge in [0, 0.05) is 18.2 Å². The van der Waals surface area contributed by atoms with E-state index in [0.717, 1.165) is 33.2 Å². The van der Waals surface area contributed by atoms with Crippen LogP contribution in [0.25, 0.3) is 22.0 Å². The molecule has 0 saturated heterocycles. The number of amides is 1. The summed E-state index contributed by atoms with van der Waals surface area (Å²) in [5.41, 5.74) is 4.80. The molecule has 0 bridgehead atoms. The van der Waals surface area contributed by atoms with E-state index in [4.69, 9.17) is 29.1 Å². The third kappa shape index (κ3) is 7.02. The SMILES string of the molecule is COc1ccc(C2CC(c3ccc4ccccc4c3)=NN2C(=O)COC(=O)c2cn(Cc3ccccc3)nc2-c2ccc(OC)c(OC)c2)cc1. The quantitative estimate of drug-likeness (QED) is 0.132. The highest BCUT2D eigenvalue weighted by molar-refractivity contribution is 6.06. The van der Waals surface area contributed by atoms with Crippen molar-refractivity contribution >= 4 is 28.4 Å². The van der Waals surface area contributed by atoms with E-state index in [1.807, 2.05) is 72.8 Å². The number of ether oxygens (including phenoxy) is 4. The summed E-state index contributed by atoms with van der Waals surface area (Å²) in [6.07, 6.45) is 2.12. The van der Waals surface area contributed by atoms with Gasteiger partial charge in [-0.1, -0.05) is 78.9 Å². The van der Waals surface area contributed by atoms with Crippen LogP contribution in [-0.4, -0.2) is 60.3 Å². The van der Waals surface area contributed by atoms with Gasteiger partial charge < -0.3 is 18.9 Å². The molecule has 1 aliphatic heterocycles. The molecule has 6 aromatic rings. The third-order valence-corrected chi connectivity index (χ3v) is 8.90. The maximum absolute atomic E-state index is 13.9. The second-order valence-electron chi connectivity index (χ2n) is 12.1. The standard InChI is InChI=1S/C41H36N4O6/c1-48-33-18-15-29(16-19-33)36-23-35(31-14-13-28-11-7-8-12-30(28)21-31)42-45(36)39(46)26-51-41(47)34-25-44(24-27-9-5-4-6-10-27)43-40(34)32-17-20-37(49-2)38(22-32)50-3/h4-22,25,36H,23-24,26H2,1-3H3. The highest BCUT2D eigenvalue weighted by Crippen LogP contribution is 2.36. The van der Waals surface area contributed by atoms with E-state index >= 15 is 0 Å². The monoisotopic (exact) mass is 680 g/mol. The molecule has 1 aromatic heterocycles. The van der Waals surface area contributed by atoms with Crippen LogP contribution in [0.1, 0.15) is 39.5 Å². The molecule has 2 heterocycles. The van der Waals surface area contributed by atoms with Crippen molar-refractivity contribution in [2.45, 2.75) is 19.0 Å². The molecule has 256 valence electrons. The molecule has 0 aliphatic carbocycles. The van der Waals surface area contributed by atoms with Crippen LogP contribution < -0.4 is 14.2 Å². The molecule has 0 spiro atoms. The minimum absolute atomic E-state index is 0.208. The Kier molecular flexibility index (Phi) is 9.47. The molecule has 0 saturated carbocycles. The number of methoxy groups -OCH3 is 3. The van der Waals surface area contributed by atoms with Crippen molar-refractivity contribution < 1.29 is 28.5 Å². The van der Waals surface area contributed by atoms with E-state index in [9.17, 15) is 9.59 Å². The van der Waals surface area contributed by atoms with Crippen LogP contribution in [-0.2, 0) is 16.1 Å². The first-order valence-electron chi connectivity index (χ1n) is 16.5. The number of benzene rings is 5. The number of carbonyl (C=O) groups excluding carboxylic acids is 2. The molecule has 1 aliphatic rings.